The summed E-state index contributed by atoms with van der Waals surface area (Å²) in [6.45, 7) is 3.75. The molecule has 1 saturated heterocycles. The van der Waals surface area contributed by atoms with Gasteiger partial charge in [0.15, 0.2) is 0 Å². The first-order chi connectivity index (χ1) is 8.68. The number of amides is 2. The average Bonchev–Trinajstić information content (AvgIpc) is 2.65. The van der Waals surface area contributed by atoms with Gasteiger partial charge in [0.05, 0.1) is 11.1 Å². The molecule has 0 aliphatic carbocycles. The van der Waals surface area contributed by atoms with Crippen LogP contribution in [0.25, 0.3) is 0 Å². The first kappa shape index (κ1) is 11.2. The van der Waals surface area contributed by atoms with Crippen LogP contribution < -0.4 is 10.2 Å². The van der Waals surface area contributed by atoms with Crippen LogP contribution in [0.3, 0.4) is 0 Å². The summed E-state index contributed by atoms with van der Waals surface area (Å²) in [5.74, 6) is -0.408. The molecule has 2 heterocycles. The number of benzene rings is 1. The SMILES string of the molecule is CN1C(=O)c2ccc(N3CCNCC3)cc2C1=O. The van der Waals surface area contributed by atoms with E-state index in [0.29, 0.717) is 11.1 Å². The molecule has 2 aliphatic heterocycles. The molecule has 94 valence electrons. The Labute approximate surface area is 105 Å². The number of fused-ring (bicyclic) bond motifs is 1. The fourth-order valence-electron chi connectivity index (χ4n) is 2.47. The molecule has 2 aliphatic rings. The predicted octanol–water partition coefficient (Wildman–Crippen LogP) is 0.322. The van der Waals surface area contributed by atoms with E-state index in [-0.39, 0.29) is 11.8 Å². The van der Waals surface area contributed by atoms with Crippen molar-refractivity contribution in [3.8, 4) is 0 Å². The summed E-state index contributed by atoms with van der Waals surface area (Å²) in [6.07, 6.45) is 0. The second kappa shape index (κ2) is 4.10. The molecule has 1 aromatic rings. The summed E-state index contributed by atoms with van der Waals surface area (Å²) in [7, 11) is 1.52. The van der Waals surface area contributed by atoms with Gasteiger partial charge in [-0.15, -0.1) is 0 Å². The quantitative estimate of drug-likeness (QED) is 0.724. The number of anilines is 1. The lowest BCUT2D eigenvalue weighted by Crippen LogP contribution is -2.43. The molecule has 0 saturated carbocycles. The van der Waals surface area contributed by atoms with Gasteiger partial charge >= 0.3 is 0 Å². The summed E-state index contributed by atoms with van der Waals surface area (Å²) in [4.78, 5) is 27.1. The van der Waals surface area contributed by atoms with E-state index in [0.717, 1.165) is 31.9 Å². The van der Waals surface area contributed by atoms with E-state index in [1.54, 1.807) is 6.07 Å². The Morgan fingerprint density at radius 3 is 2.44 bits per heavy atom. The Bertz CT molecular complexity index is 521. The van der Waals surface area contributed by atoms with Crippen molar-refractivity contribution in [2.24, 2.45) is 0 Å². The maximum atomic E-state index is 11.9. The highest BCUT2D eigenvalue weighted by atomic mass is 16.2. The average molecular weight is 245 g/mol. The zero-order valence-electron chi connectivity index (χ0n) is 10.3. The zero-order chi connectivity index (χ0) is 12.7. The Hall–Kier alpha value is -1.88. The predicted molar refractivity (Wildman–Crippen MR) is 67.9 cm³/mol. The molecule has 0 aromatic heterocycles. The molecular formula is C13H15N3O2. The number of rotatable bonds is 1. The first-order valence-electron chi connectivity index (χ1n) is 6.10. The van der Waals surface area contributed by atoms with Crippen molar-refractivity contribution in [3.05, 3.63) is 29.3 Å². The van der Waals surface area contributed by atoms with Gasteiger partial charge in [0.1, 0.15) is 0 Å². The number of hydrogen-bond donors (Lipinski definition) is 1. The van der Waals surface area contributed by atoms with Gasteiger partial charge in [-0.2, -0.15) is 0 Å². The monoisotopic (exact) mass is 245 g/mol. The fraction of sp³-hybridized carbons (Fsp3) is 0.385. The summed E-state index contributed by atoms with van der Waals surface area (Å²) < 4.78 is 0. The van der Waals surface area contributed by atoms with Crippen molar-refractivity contribution in [2.45, 2.75) is 0 Å². The maximum absolute atomic E-state index is 11.9. The van der Waals surface area contributed by atoms with Crippen molar-refractivity contribution in [2.75, 3.05) is 38.1 Å². The van der Waals surface area contributed by atoms with E-state index in [2.05, 4.69) is 10.2 Å². The minimum absolute atomic E-state index is 0.202. The van der Waals surface area contributed by atoms with Gasteiger partial charge in [0.25, 0.3) is 11.8 Å². The van der Waals surface area contributed by atoms with Gasteiger partial charge < -0.3 is 10.2 Å². The van der Waals surface area contributed by atoms with Crippen LogP contribution in [0.15, 0.2) is 18.2 Å². The minimum Gasteiger partial charge on any atom is -0.369 e. The van der Waals surface area contributed by atoms with Crippen molar-refractivity contribution < 1.29 is 9.59 Å². The molecule has 1 N–H and O–H groups in total. The number of carbonyl (C=O) groups excluding carboxylic acids is 2. The minimum atomic E-state index is -0.207. The van der Waals surface area contributed by atoms with E-state index < -0.39 is 0 Å². The number of piperazine rings is 1. The van der Waals surface area contributed by atoms with Gasteiger partial charge in [-0.1, -0.05) is 0 Å². The van der Waals surface area contributed by atoms with Crippen LogP contribution in [0.4, 0.5) is 5.69 Å². The zero-order valence-corrected chi connectivity index (χ0v) is 10.3. The molecule has 0 atom stereocenters. The molecule has 1 aromatic carbocycles. The van der Waals surface area contributed by atoms with Crippen LogP contribution >= 0.6 is 0 Å². The van der Waals surface area contributed by atoms with Crippen LogP contribution in [-0.4, -0.2) is 49.9 Å². The van der Waals surface area contributed by atoms with Gasteiger partial charge in [-0.05, 0) is 18.2 Å². The van der Waals surface area contributed by atoms with Crippen molar-refractivity contribution in [1.82, 2.24) is 10.2 Å². The van der Waals surface area contributed by atoms with Crippen LogP contribution in [0.2, 0.25) is 0 Å². The van der Waals surface area contributed by atoms with E-state index in [1.807, 2.05) is 12.1 Å². The topological polar surface area (TPSA) is 52.7 Å². The van der Waals surface area contributed by atoms with E-state index in [4.69, 9.17) is 0 Å². The van der Waals surface area contributed by atoms with Crippen molar-refractivity contribution >= 4 is 17.5 Å². The molecule has 3 rings (SSSR count). The largest absolute Gasteiger partial charge is 0.369 e. The number of imide groups is 1. The summed E-state index contributed by atoms with van der Waals surface area (Å²) >= 11 is 0. The van der Waals surface area contributed by atoms with Gasteiger partial charge in [0, 0.05) is 38.9 Å². The number of nitrogens with zero attached hydrogens (tertiary/aromatic N) is 2. The second-order valence-corrected chi connectivity index (χ2v) is 4.64. The van der Waals surface area contributed by atoms with Gasteiger partial charge in [-0.3, -0.25) is 14.5 Å². The van der Waals surface area contributed by atoms with E-state index >= 15 is 0 Å². The summed E-state index contributed by atoms with van der Waals surface area (Å²) in [5.41, 5.74) is 2.06. The van der Waals surface area contributed by atoms with Crippen molar-refractivity contribution in [1.29, 1.82) is 0 Å². The molecule has 2 amide bonds. The summed E-state index contributed by atoms with van der Waals surface area (Å²) in [5, 5.41) is 3.29. The lowest BCUT2D eigenvalue weighted by molar-refractivity contribution is 0.0693. The van der Waals surface area contributed by atoms with Crippen LogP contribution in [0, 0.1) is 0 Å². The molecule has 18 heavy (non-hydrogen) atoms. The normalized spacial score (nSPS) is 19.4. The molecule has 5 heteroatoms. The second-order valence-electron chi connectivity index (χ2n) is 4.64. The summed E-state index contributed by atoms with van der Waals surface area (Å²) in [6, 6.07) is 5.52. The Morgan fingerprint density at radius 1 is 1.06 bits per heavy atom. The molecule has 0 bridgehead atoms. The van der Waals surface area contributed by atoms with Crippen molar-refractivity contribution in [3.63, 3.8) is 0 Å². The standard InChI is InChI=1S/C13H15N3O2/c1-15-12(17)10-3-2-9(8-11(10)13(15)18)16-6-4-14-5-7-16/h2-3,8,14H,4-7H2,1H3. The number of carbonyl (C=O) groups is 2. The molecule has 0 unspecified atom stereocenters. The lowest BCUT2D eigenvalue weighted by atomic mass is 10.1. The molecule has 5 nitrogen and oxygen atoms in total. The highest BCUT2D eigenvalue weighted by Crippen LogP contribution is 2.26. The maximum Gasteiger partial charge on any atom is 0.261 e. The third kappa shape index (κ3) is 1.59. The van der Waals surface area contributed by atoms with Gasteiger partial charge in [-0.25, -0.2) is 0 Å². The number of nitrogens with one attached hydrogen (secondary N) is 1. The molecular weight excluding hydrogens is 230 g/mol. The smallest absolute Gasteiger partial charge is 0.261 e. The highest BCUT2D eigenvalue weighted by molar-refractivity contribution is 6.21. The number of hydrogen-bond acceptors (Lipinski definition) is 4. The molecule has 1 fully saturated rings. The highest BCUT2D eigenvalue weighted by Gasteiger charge is 2.33. The third-order valence-corrected chi connectivity index (χ3v) is 3.56. The van der Waals surface area contributed by atoms with E-state index in [1.165, 1.54) is 11.9 Å². The lowest BCUT2D eigenvalue weighted by Gasteiger charge is -2.29. The molecule has 0 radical (unpaired) electrons. The third-order valence-electron chi connectivity index (χ3n) is 3.56. The Kier molecular flexibility index (Phi) is 2.56. The molecule has 0 spiro atoms. The van der Waals surface area contributed by atoms with Crippen LogP contribution in [0.5, 0.6) is 0 Å². The Morgan fingerprint density at radius 2 is 1.72 bits per heavy atom. The van der Waals surface area contributed by atoms with Crippen LogP contribution in [-0.2, 0) is 0 Å². The Balaban J connectivity index is 1.97. The first-order valence-corrected chi connectivity index (χ1v) is 6.10. The van der Waals surface area contributed by atoms with Gasteiger partial charge in [0.2, 0.25) is 0 Å². The van der Waals surface area contributed by atoms with Crippen LogP contribution in [0.1, 0.15) is 20.7 Å². The van der Waals surface area contributed by atoms with E-state index in [9.17, 15) is 9.59 Å². The fourth-order valence-corrected chi connectivity index (χ4v) is 2.47.